The van der Waals surface area contributed by atoms with Crippen LogP contribution in [0.4, 0.5) is 5.00 Å². The first-order chi connectivity index (χ1) is 10.5. The van der Waals surface area contributed by atoms with E-state index in [-0.39, 0.29) is 11.3 Å². The third-order valence-electron chi connectivity index (χ3n) is 3.47. The van der Waals surface area contributed by atoms with Crippen molar-refractivity contribution in [2.24, 2.45) is 7.05 Å². The SMILES string of the molecule is Cc1csc(NC(=O)c2c(O)c3ccccc3n(C)c2=O)c1. The summed E-state index contributed by atoms with van der Waals surface area (Å²) in [5.74, 6) is -0.893. The van der Waals surface area contributed by atoms with Gasteiger partial charge in [-0.1, -0.05) is 12.1 Å². The van der Waals surface area contributed by atoms with E-state index < -0.39 is 11.5 Å². The molecule has 3 aromatic rings. The quantitative estimate of drug-likeness (QED) is 0.764. The van der Waals surface area contributed by atoms with Gasteiger partial charge in [-0.15, -0.1) is 11.3 Å². The fourth-order valence-corrected chi connectivity index (χ4v) is 3.14. The number of hydrogen-bond donors (Lipinski definition) is 2. The third-order valence-corrected chi connectivity index (χ3v) is 4.43. The molecule has 2 N–H and O–H groups in total. The van der Waals surface area contributed by atoms with Gasteiger partial charge >= 0.3 is 0 Å². The second-order valence-corrected chi connectivity index (χ2v) is 5.96. The van der Waals surface area contributed by atoms with E-state index in [0.717, 1.165) is 5.56 Å². The molecule has 5 nitrogen and oxygen atoms in total. The van der Waals surface area contributed by atoms with Gasteiger partial charge in [0.25, 0.3) is 11.5 Å². The number of aryl methyl sites for hydroxylation is 2. The molecule has 1 aromatic carbocycles. The number of nitrogens with one attached hydrogen (secondary N) is 1. The van der Waals surface area contributed by atoms with Crippen LogP contribution in [0.15, 0.2) is 40.5 Å². The Hall–Kier alpha value is -2.60. The van der Waals surface area contributed by atoms with Gasteiger partial charge in [0.1, 0.15) is 11.3 Å². The molecule has 0 unspecified atom stereocenters. The van der Waals surface area contributed by atoms with Crippen LogP contribution in [0.5, 0.6) is 5.75 Å². The normalized spacial score (nSPS) is 10.8. The van der Waals surface area contributed by atoms with Crippen molar-refractivity contribution in [3.63, 3.8) is 0 Å². The number of aromatic nitrogens is 1. The van der Waals surface area contributed by atoms with Crippen LogP contribution in [0.25, 0.3) is 10.9 Å². The maximum atomic E-state index is 12.4. The van der Waals surface area contributed by atoms with Gasteiger partial charge in [-0.25, -0.2) is 0 Å². The zero-order valence-electron chi connectivity index (χ0n) is 12.1. The molecule has 2 aromatic heterocycles. The predicted molar refractivity (Wildman–Crippen MR) is 87.9 cm³/mol. The largest absolute Gasteiger partial charge is 0.506 e. The Balaban J connectivity index is 2.14. The number of thiophene rings is 1. The van der Waals surface area contributed by atoms with E-state index in [1.165, 1.54) is 15.9 Å². The molecule has 0 aliphatic heterocycles. The van der Waals surface area contributed by atoms with Crippen LogP contribution in [0.1, 0.15) is 15.9 Å². The molecule has 1 amide bonds. The highest BCUT2D eigenvalue weighted by molar-refractivity contribution is 7.14. The second kappa shape index (κ2) is 5.31. The first-order valence-corrected chi connectivity index (χ1v) is 7.54. The lowest BCUT2D eigenvalue weighted by molar-refractivity contribution is 0.102. The van der Waals surface area contributed by atoms with E-state index in [2.05, 4.69) is 5.32 Å². The Bertz CT molecular complexity index is 940. The van der Waals surface area contributed by atoms with Crippen LogP contribution in [0.2, 0.25) is 0 Å². The minimum atomic E-state index is -0.606. The van der Waals surface area contributed by atoms with E-state index in [1.54, 1.807) is 31.3 Å². The summed E-state index contributed by atoms with van der Waals surface area (Å²) in [5.41, 5.74) is 0.832. The van der Waals surface area contributed by atoms with Crippen LogP contribution in [-0.2, 0) is 7.05 Å². The Morgan fingerprint density at radius 1 is 1.32 bits per heavy atom. The summed E-state index contributed by atoms with van der Waals surface area (Å²) in [5, 5.41) is 16.0. The van der Waals surface area contributed by atoms with E-state index in [1.807, 2.05) is 18.4 Å². The lowest BCUT2D eigenvalue weighted by Crippen LogP contribution is -2.28. The number of carbonyl (C=O) groups is 1. The van der Waals surface area contributed by atoms with Gasteiger partial charge in [-0.3, -0.25) is 9.59 Å². The van der Waals surface area contributed by atoms with Gasteiger partial charge in [-0.2, -0.15) is 0 Å². The highest BCUT2D eigenvalue weighted by atomic mass is 32.1. The Labute approximate surface area is 130 Å². The molecule has 0 bridgehead atoms. The number of benzene rings is 1. The van der Waals surface area contributed by atoms with Crippen molar-refractivity contribution in [3.05, 3.63) is 57.2 Å². The highest BCUT2D eigenvalue weighted by Gasteiger charge is 2.21. The zero-order chi connectivity index (χ0) is 15.9. The molecule has 0 atom stereocenters. The number of pyridine rings is 1. The third kappa shape index (κ3) is 2.27. The average Bonchev–Trinajstić information content (AvgIpc) is 2.90. The van der Waals surface area contributed by atoms with Crippen LogP contribution in [0.3, 0.4) is 0 Å². The summed E-state index contributed by atoms with van der Waals surface area (Å²) < 4.78 is 1.36. The van der Waals surface area contributed by atoms with E-state index >= 15 is 0 Å². The fourth-order valence-electron chi connectivity index (χ4n) is 2.36. The number of carbonyl (C=O) groups excluding carboxylic acids is 1. The summed E-state index contributed by atoms with van der Waals surface area (Å²) in [6, 6.07) is 8.73. The topological polar surface area (TPSA) is 71.3 Å². The molecule has 2 heterocycles. The zero-order valence-corrected chi connectivity index (χ0v) is 12.9. The molecule has 0 spiro atoms. The van der Waals surface area contributed by atoms with Crippen molar-refractivity contribution in [3.8, 4) is 5.75 Å². The van der Waals surface area contributed by atoms with Crippen molar-refractivity contribution in [2.45, 2.75) is 6.92 Å². The van der Waals surface area contributed by atoms with Gasteiger partial charge < -0.3 is 15.0 Å². The van der Waals surface area contributed by atoms with Gasteiger partial charge in [0.2, 0.25) is 0 Å². The smallest absolute Gasteiger partial charge is 0.267 e. The van der Waals surface area contributed by atoms with Crippen molar-refractivity contribution in [1.82, 2.24) is 4.57 Å². The van der Waals surface area contributed by atoms with Gasteiger partial charge in [-0.05, 0) is 36.1 Å². The lowest BCUT2D eigenvalue weighted by Gasteiger charge is -2.11. The maximum absolute atomic E-state index is 12.4. The summed E-state index contributed by atoms with van der Waals surface area (Å²) in [6.07, 6.45) is 0. The van der Waals surface area contributed by atoms with Crippen molar-refractivity contribution in [1.29, 1.82) is 0 Å². The molecular formula is C16H14N2O3S. The maximum Gasteiger partial charge on any atom is 0.267 e. The standard InChI is InChI=1S/C16H14N2O3S/c1-9-7-12(22-8-9)17-15(20)13-14(19)10-5-3-4-6-11(10)18(2)16(13)21/h3-8,19H,1-2H3,(H,17,20). The van der Waals surface area contributed by atoms with Crippen molar-refractivity contribution >= 4 is 33.1 Å². The van der Waals surface area contributed by atoms with Crippen LogP contribution < -0.4 is 10.9 Å². The Morgan fingerprint density at radius 2 is 2.05 bits per heavy atom. The average molecular weight is 314 g/mol. The molecule has 0 saturated heterocycles. The fraction of sp³-hybridized carbons (Fsp3) is 0.125. The van der Waals surface area contributed by atoms with Crippen LogP contribution >= 0.6 is 11.3 Å². The van der Waals surface area contributed by atoms with Crippen LogP contribution in [-0.4, -0.2) is 15.6 Å². The molecule has 0 saturated carbocycles. The van der Waals surface area contributed by atoms with Crippen molar-refractivity contribution < 1.29 is 9.90 Å². The van der Waals surface area contributed by atoms with Gasteiger partial charge in [0, 0.05) is 12.4 Å². The monoisotopic (exact) mass is 314 g/mol. The minimum absolute atomic E-state index is 0.243. The van der Waals surface area contributed by atoms with E-state index in [4.69, 9.17) is 0 Å². The first-order valence-electron chi connectivity index (χ1n) is 6.66. The van der Waals surface area contributed by atoms with E-state index in [0.29, 0.717) is 15.9 Å². The Morgan fingerprint density at radius 3 is 2.73 bits per heavy atom. The summed E-state index contributed by atoms with van der Waals surface area (Å²) in [7, 11) is 1.58. The summed E-state index contributed by atoms with van der Waals surface area (Å²) in [4.78, 5) is 24.8. The molecule has 112 valence electrons. The number of nitrogens with zero attached hydrogens (tertiary/aromatic N) is 1. The van der Waals surface area contributed by atoms with E-state index in [9.17, 15) is 14.7 Å². The van der Waals surface area contributed by atoms with Crippen LogP contribution in [0, 0.1) is 6.92 Å². The summed E-state index contributed by atoms with van der Waals surface area (Å²) in [6.45, 7) is 1.92. The number of anilines is 1. The molecule has 3 rings (SSSR count). The minimum Gasteiger partial charge on any atom is -0.506 e. The molecule has 0 radical (unpaired) electrons. The number of para-hydroxylation sites is 1. The number of hydrogen-bond acceptors (Lipinski definition) is 4. The number of rotatable bonds is 2. The molecule has 0 aliphatic rings. The lowest BCUT2D eigenvalue weighted by atomic mass is 10.1. The predicted octanol–water partition coefficient (Wildman–Crippen LogP) is 2.87. The number of fused-ring (bicyclic) bond motifs is 1. The number of aromatic hydroxyl groups is 1. The number of amides is 1. The first kappa shape index (κ1) is 14.3. The van der Waals surface area contributed by atoms with Gasteiger partial charge in [0.05, 0.1) is 10.5 Å². The van der Waals surface area contributed by atoms with Crippen molar-refractivity contribution in [2.75, 3.05) is 5.32 Å². The molecule has 0 fully saturated rings. The highest BCUT2D eigenvalue weighted by Crippen LogP contribution is 2.27. The summed E-state index contributed by atoms with van der Waals surface area (Å²) >= 11 is 1.37. The molecule has 22 heavy (non-hydrogen) atoms. The molecule has 0 aliphatic carbocycles. The van der Waals surface area contributed by atoms with Gasteiger partial charge in [0.15, 0.2) is 0 Å². The second-order valence-electron chi connectivity index (χ2n) is 5.05. The molecule has 6 heteroatoms. The molecular weight excluding hydrogens is 300 g/mol. The Kier molecular flexibility index (Phi) is 3.46.